The molecule has 1 aromatic carbocycles. The lowest BCUT2D eigenvalue weighted by atomic mass is 10.2. The molecule has 0 amide bonds. The number of carbonyl (C=O) groups is 1. The third kappa shape index (κ3) is 3.03. The number of hydrogen-bond donors (Lipinski definition) is 0. The lowest BCUT2D eigenvalue weighted by Crippen LogP contribution is -1.90. The van der Waals surface area contributed by atoms with Gasteiger partial charge in [0.25, 0.3) is 0 Å². The summed E-state index contributed by atoms with van der Waals surface area (Å²) >= 11 is 11.7. The molecule has 0 N–H and O–H groups in total. The average Bonchev–Trinajstić information content (AvgIpc) is 2.77. The molecule has 0 radical (unpaired) electrons. The second kappa shape index (κ2) is 5.42. The van der Waals surface area contributed by atoms with Gasteiger partial charge in [-0.2, -0.15) is 0 Å². The van der Waals surface area contributed by atoms with Gasteiger partial charge in [-0.05, 0) is 42.8 Å². The highest BCUT2D eigenvalue weighted by Crippen LogP contribution is 2.23. The Hall–Kier alpha value is -1.51. The molecule has 2 rings (SSSR count). The quantitative estimate of drug-likeness (QED) is 0.598. The lowest BCUT2D eigenvalue weighted by Gasteiger charge is -1.97. The van der Waals surface area contributed by atoms with Crippen LogP contribution in [0.4, 0.5) is 0 Å². The maximum absolute atomic E-state index is 11.7. The van der Waals surface area contributed by atoms with E-state index in [0.29, 0.717) is 21.6 Å². The van der Waals surface area contributed by atoms with Crippen LogP contribution in [0.1, 0.15) is 21.9 Å². The third-order valence-corrected chi connectivity index (χ3v) is 3.09. The van der Waals surface area contributed by atoms with Crippen molar-refractivity contribution in [1.82, 2.24) is 0 Å². The van der Waals surface area contributed by atoms with Crippen LogP contribution in [-0.4, -0.2) is 5.78 Å². The van der Waals surface area contributed by atoms with Gasteiger partial charge in [0.05, 0.1) is 10.0 Å². The van der Waals surface area contributed by atoms with Crippen LogP contribution in [0.3, 0.4) is 0 Å². The number of ketones is 1. The van der Waals surface area contributed by atoms with E-state index in [4.69, 9.17) is 27.6 Å². The van der Waals surface area contributed by atoms with Gasteiger partial charge >= 0.3 is 0 Å². The van der Waals surface area contributed by atoms with Crippen molar-refractivity contribution in [3.8, 4) is 0 Å². The molecule has 0 aliphatic rings. The first kappa shape index (κ1) is 12.9. The van der Waals surface area contributed by atoms with E-state index in [1.165, 1.54) is 6.08 Å². The summed E-state index contributed by atoms with van der Waals surface area (Å²) in [5, 5.41) is 0.946. The molecule has 0 aliphatic heterocycles. The number of carbonyl (C=O) groups excluding carboxylic acids is 1. The monoisotopic (exact) mass is 280 g/mol. The first-order chi connectivity index (χ1) is 8.56. The SMILES string of the molecule is Cc1ccc(C(=O)/C=C/c2ccc(Cl)c(Cl)c2)o1. The molecule has 4 heteroatoms. The Bertz CT molecular complexity index is 612. The van der Waals surface area contributed by atoms with Gasteiger partial charge < -0.3 is 4.42 Å². The summed E-state index contributed by atoms with van der Waals surface area (Å²) in [6, 6.07) is 8.56. The molecule has 92 valence electrons. The van der Waals surface area contributed by atoms with E-state index in [9.17, 15) is 4.79 Å². The van der Waals surface area contributed by atoms with Crippen LogP contribution in [0.25, 0.3) is 6.08 Å². The largest absolute Gasteiger partial charge is 0.458 e. The van der Waals surface area contributed by atoms with Gasteiger partial charge in [-0.25, -0.2) is 0 Å². The maximum atomic E-state index is 11.7. The summed E-state index contributed by atoms with van der Waals surface area (Å²) in [6.45, 7) is 1.79. The Labute approximate surface area is 115 Å². The van der Waals surface area contributed by atoms with Crippen LogP contribution in [0.2, 0.25) is 10.0 Å². The van der Waals surface area contributed by atoms with Crippen LogP contribution in [-0.2, 0) is 0 Å². The number of halogens is 2. The summed E-state index contributed by atoms with van der Waals surface area (Å²) < 4.78 is 5.23. The van der Waals surface area contributed by atoms with E-state index in [1.54, 1.807) is 43.3 Å². The first-order valence-electron chi connectivity index (χ1n) is 5.30. The summed E-state index contributed by atoms with van der Waals surface area (Å²) in [5.74, 6) is 0.847. The zero-order chi connectivity index (χ0) is 13.1. The smallest absolute Gasteiger partial charge is 0.221 e. The first-order valence-corrected chi connectivity index (χ1v) is 6.06. The number of allylic oxidation sites excluding steroid dienone is 1. The van der Waals surface area contributed by atoms with Crippen molar-refractivity contribution in [3.05, 3.63) is 63.5 Å². The highest BCUT2D eigenvalue weighted by molar-refractivity contribution is 6.42. The fourth-order valence-corrected chi connectivity index (χ4v) is 1.74. The molecule has 0 saturated heterocycles. The van der Waals surface area contributed by atoms with E-state index in [2.05, 4.69) is 0 Å². The number of hydrogen-bond acceptors (Lipinski definition) is 2. The zero-order valence-corrected chi connectivity index (χ0v) is 11.1. The highest BCUT2D eigenvalue weighted by atomic mass is 35.5. The molecule has 0 atom stereocenters. The predicted molar refractivity (Wildman–Crippen MR) is 73.3 cm³/mol. The molecule has 1 heterocycles. The molecule has 0 bridgehead atoms. The molecule has 2 nitrogen and oxygen atoms in total. The molecule has 2 aromatic rings. The molecular weight excluding hydrogens is 271 g/mol. The second-order valence-corrected chi connectivity index (χ2v) is 4.60. The summed E-state index contributed by atoms with van der Waals surface area (Å²) in [5.41, 5.74) is 0.807. The van der Waals surface area contributed by atoms with Crippen LogP contribution in [0, 0.1) is 6.92 Å². The molecule has 0 saturated carbocycles. The van der Waals surface area contributed by atoms with Crippen molar-refractivity contribution in [2.24, 2.45) is 0 Å². The lowest BCUT2D eigenvalue weighted by molar-refractivity contribution is 0.102. The van der Waals surface area contributed by atoms with E-state index < -0.39 is 0 Å². The van der Waals surface area contributed by atoms with Crippen molar-refractivity contribution in [1.29, 1.82) is 0 Å². The standard InChI is InChI=1S/C14H10Cl2O2/c1-9-2-7-14(18-9)13(17)6-4-10-3-5-11(15)12(16)8-10/h2-8H,1H3/b6-4+. The second-order valence-electron chi connectivity index (χ2n) is 3.78. The normalized spacial score (nSPS) is 11.1. The number of aryl methyl sites for hydroxylation is 1. The Morgan fingerprint density at radius 2 is 1.94 bits per heavy atom. The van der Waals surface area contributed by atoms with Gasteiger partial charge in [0.1, 0.15) is 5.76 Å². The average molecular weight is 281 g/mol. The number of benzene rings is 1. The van der Waals surface area contributed by atoms with Gasteiger partial charge in [0.15, 0.2) is 5.76 Å². The zero-order valence-electron chi connectivity index (χ0n) is 9.61. The van der Waals surface area contributed by atoms with Gasteiger partial charge in [-0.3, -0.25) is 4.79 Å². The summed E-state index contributed by atoms with van der Waals surface area (Å²) in [7, 11) is 0. The third-order valence-electron chi connectivity index (χ3n) is 2.35. The van der Waals surface area contributed by atoms with E-state index in [-0.39, 0.29) is 5.78 Å². The van der Waals surface area contributed by atoms with E-state index >= 15 is 0 Å². The van der Waals surface area contributed by atoms with Crippen LogP contribution in [0.15, 0.2) is 40.8 Å². The summed E-state index contributed by atoms with van der Waals surface area (Å²) in [6.07, 6.45) is 3.11. The van der Waals surface area contributed by atoms with Crippen molar-refractivity contribution in [2.75, 3.05) is 0 Å². The van der Waals surface area contributed by atoms with Gasteiger partial charge in [-0.1, -0.05) is 35.3 Å². The van der Waals surface area contributed by atoms with Gasteiger partial charge in [0, 0.05) is 0 Å². The molecule has 0 aliphatic carbocycles. The Morgan fingerprint density at radius 1 is 1.17 bits per heavy atom. The molecule has 1 aromatic heterocycles. The van der Waals surface area contributed by atoms with Crippen molar-refractivity contribution in [3.63, 3.8) is 0 Å². The minimum Gasteiger partial charge on any atom is -0.458 e. The van der Waals surface area contributed by atoms with Crippen molar-refractivity contribution >= 4 is 35.1 Å². The highest BCUT2D eigenvalue weighted by Gasteiger charge is 2.06. The molecular formula is C14H10Cl2O2. The minimum absolute atomic E-state index is 0.186. The van der Waals surface area contributed by atoms with Crippen LogP contribution < -0.4 is 0 Å². The topological polar surface area (TPSA) is 30.2 Å². The molecule has 0 spiro atoms. The fourth-order valence-electron chi connectivity index (χ4n) is 1.44. The Kier molecular flexibility index (Phi) is 3.90. The summed E-state index contributed by atoms with van der Waals surface area (Å²) in [4.78, 5) is 11.7. The van der Waals surface area contributed by atoms with Gasteiger partial charge in [-0.15, -0.1) is 0 Å². The fraction of sp³-hybridized carbons (Fsp3) is 0.0714. The van der Waals surface area contributed by atoms with Crippen LogP contribution >= 0.6 is 23.2 Å². The molecule has 0 unspecified atom stereocenters. The molecule has 18 heavy (non-hydrogen) atoms. The van der Waals surface area contributed by atoms with E-state index in [0.717, 1.165) is 5.56 Å². The maximum Gasteiger partial charge on any atom is 0.221 e. The molecule has 0 fully saturated rings. The van der Waals surface area contributed by atoms with Crippen molar-refractivity contribution in [2.45, 2.75) is 6.92 Å². The minimum atomic E-state index is -0.186. The Balaban J connectivity index is 2.15. The Morgan fingerprint density at radius 3 is 2.56 bits per heavy atom. The van der Waals surface area contributed by atoms with Crippen LogP contribution in [0.5, 0.6) is 0 Å². The number of rotatable bonds is 3. The number of furan rings is 1. The van der Waals surface area contributed by atoms with Gasteiger partial charge in [0.2, 0.25) is 5.78 Å². The van der Waals surface area contributed by atoms with E-state index in [1.807, 2.05) is 0 Å². The predicted octanol–water partition coefficient (Wildman–Crippen LogP) is 4.79. The van der Waals surface area contributed by atoms with Crippen molar-refractivity contribution < 1.29 is 9.21 Å².